The zero-order valence-corrected chi connectivity index (χ0v) is 11.1. The molecule has 0 bridgehead atoms. The van der Waals surface area contributed by atoms with Gasteiger partial charge in [-0.1, -0.05) is 0 Å². The van der Waals surface area contributed by atoms with Crippen LogP contribution in [0.2, 0.25) is 0 Å². The standard InChI is InChI=1S/Cr.O4Si.4H2O.Pb/c;1-5(2,3)4;;;;;/h;;4*1H2;/q;-4;;;;;/p-2. The van der Waals surface area contributed by atoms with Gasteiger partial charge in [0.25, 0.3) is 0 Å². The van der Waals surface area contributed by atoms with Crippen LogP contribution in [0.15, 0.2) is 0 Å². The Labute approximate surface area is 94.5 Å². The molecule has 11 heavy (non-hydrogen) atoms. The summed E-state index contributed by atoms with van der Waals surface area (Å²) >= 11 is 0. The van der Waals surface area contributed by atoms with Gasteiger partial charge in [0.05, 0.1) is 0 Å². The molecule has 0 amide bonds. The molecule has 0 rings (SSSR count). The van der Waals surface area contributed by atoms with Crippen molar-refractivity contribution in [3.63, 3.8) is 0 Å². The van der Waals surface area contributed by atoms with E-state index in [-0.39, 0.29) is 66.6 Å². The van der Waals surface area contributed by atoms with Gasteiger partial charge in [-0.3, -0.25) is 0 Å². The van der Waals surface area contributed by atoms with E-state index in [9.17, 15) is 0 Å². The first-order valence-electron chi connectivity index (χ1n) is 0.816. The minimum atomic E-state index is -5.61. The second-order valence-electron chi connectivity index (χ2n) is 0.500. The maximum Gasteiger partial charge on any atom is 0 e. The van der Waals surface area contributed by atoms with Crippen LogP contribution in [0.25, 0.3) is 0 Å². The van der Waals surface area contributed by atoms with Gasteiger partial charge in [0.2, 0.25) is 0 Å². The minimum absolute atomic E-state index is 0. The molecule has 8 nitrogen and oxygen atoms in total. The van der Waals surface area contributed by atoms with Gasteiger partial charge in [0, 0.05) is 44.7 Å². The zero-order valence-electron chi connectivity index (χ0n) is 4.94. The third-order valence-corrected chi connectivity index (χ3v) is 0. The van der Waals surface area contributed by atoms with Gasteiger partial charge in [-0.25, -0.2) is 0 Å². The summed E-state index contributed by atoms with van der Waals surface area (Å²) in [5, 5.41) is 0. The summed E-state index contributed by atoms with van der Waals surface area (Å²) in [5.41, 5.74) is 0. The predicted octanol–water partition coefficient (Wildman–Crippen LogP) is -7.52. The first-order valence-corrected chi connectivity index (χ1v) is 2.45. The van der Waals surface area contributed by atoms with Gasteiger partial charge < -0.3 is 50.1 Å². The van der Waals surface area contributed by atoms with Crippen molar-refractivity contribution in [1.82, 2.24) is 0 Å². The molecule has 4 radical (unpaired) electrons. The summed E-state index contributed by atoms with van der Waals surface area (Å²) in [7, 11) is -5.61. The molecule has 0 aliphatic heterocycles. The van der Waals surface area contributed by atoms with Crippen molar-refractivity contribution in [1.29, 1.82) is 0 Å². The average Bonchev–Trinajstić information content (AvgIpc) is 0.722. The summed E-state index contributed by atoms with van der Waals surface area (Å²) in [6.45, 7) is 0. The predicted molar refractivity (Wildman–Crippen MR) is 22.6 cm³/mol. The normalized spacial score (nSPS) is 5.45. The summed E-state index contributed by atoms with van der Waals surface area (Å²) in [6.07, 6.45) is 0. The molecule has 0 atom stereocenters. The maximum atomic E-state index is 8.58. The van der Waals surface area contributed by atoms with Gasteiger partial charge in [0.15, 0.2) is 0 Å². The van der Waals surface area contributed by atoms with Gasteiger partial charge in [0.1, 0.15) is 0 Å². The Morgan fingerprint density at radius 2 is 0.727 bits per heavy atom. The van der Waals surface area contributed by atoms with Crippen LogP contribution in [0.4, 0.5) is 0 Å². The van der Waals surface area contributed by atoms with Crippen LogP contribution < -0.4 is 19.2 Å². The van der Waals surface area contributed by atoms with Gasteiger partial charge >= 0.3 is 0 Å². The molecular formula is H6CrO8PbSi-6. The van der Waals surface area contributed by atoms with Crippen LogP contribution in [0.3, 0.4) is 0 Å². The van der Waals surface area contributed by atoms with E-state index in [2.05, 4.69) is 0 Å². The fraction of sp³-hybridized carbons (Fsp3) is 0. The van der Waals surface area contributed by atoms with Crippen LogP contribution in [-0.2, 0) is 17.4 Å². The van der Waals surface area contributed by atoms with Crippen LogP contribution in [0.5, 0.6) is 0 Å². The van der Waals surface area contributed by atoms with Crippen LogP contribution in [-0.4, -0.2) is 58.3 Å². The third kappa shape index (κ3) is 544. The van der Waals surface area contributed by atoms with Crippen LogP contribution >= 0.6 is 0 Å². The molecule has 0 aromatic heterocycles. The third-order valence-electron chi connectivity index (χ3n) is 0. The molecule has 0 aliphatic rings. The summed E-state index contributed by atoms with van der Waals surface area (Å²) < 4.78 is 0. The smallest absolute Gasteiger partial charge is 0 e. The van der Waals surface area contributed by atoms with Crippen molar-refractivity contribution in [3.05, 3.63) is 0 Å². The Morgan fingerprint density at radius 3 is 0.727 bits per heavy atom. The average molecular weight is 421 g/mol. The number of hydrogen-bond donors (Lipinski definition) is 0. The first-order chi connectivity index (χ1) is 2.00. The molecule has 0 heterocycles. The van der Waals surface area contributed by atoms with Gasteiger partial charge in [-0.05, 0) is 0 Å². The van der Waals surface area contributed by atoms with E-state index >= 15 is 0 Å². The number of hydrogen-bond acceptors (Lipinski definition) is 6. The Bertz CT molecular complexity index is 29.6. The Morgan fingerprint density at radius 1 is 0.727 bits per heavy atom. The van der Waals surface area contributed by atoms with Gasteiger partial charge in [-0.2, -0.15) is 0 Å². The molecular weight excluding hydrogens is 415 g/mol. The van der Waals surface area contributed by atoms with E-state index in [1.807, 2.05) is 0 Å². The molecule has 74 valence electrons. The fourth-order valence-electron chi connectivity index (χ4n) is 0. The van der Waals surface area contributed by atoms with E-state index in [1.165, 1.54) is 0 Å². The maximum absolute atomic E-state index is 8.58. The summed E-state index contributed by atoms with van der Waals surface area (Å²) in [5.74, 6) is 0. The molecule has 11 heteroatoms. The SMILES string of the molecule is O.O.[Cr].[O-][Si]([O-])([O-])[O-].[OH-].[OH-].[Pb]. The zero-order chi connectivity index (χ0) is 4.50. The molecule has 0 unspecified atom stereocenters. The minimum Gasteiger partial charge on any atom is -0.894 e. The molecule has 6 N–H and O–H groups in total. The van der Waals surface area contributed by atoms with Crippen LogP contribution in [0, 0.1) is 0 Å². The van der Waals surface area contributed by atoms with Crippen molar-refractivity contribution >= 4 is 36.3 Å². The molecule has 0 aromatic carbocycles. The monoisotopic (exact) mass is 422 g/mol. The molecule has 0 spiro atoms. The molecule has 0 saturated carbocycles. The first kappa shape index (κ1) is 55.6. The second-order valence-corrected chi connectivity index (χ2v) is 1.50. The van der Waals surface area contributed by atoms with Crippen molar-refractivity contribution < 1.29 is 58.4 Å². The summed E-state index contributed by atoms with van der Waals surface area (Å²) in [6, 6.07) is 0. The molecule has 0 aromatic rings. The molecule has 0 fully saturated rings. The van der Waals surface area contributed by atoms with E-state index < -0.39 is 9.05 Å². The van der Waals surface area contributed by atoms with E-state index in [0.717, 1.165) is 0 Å². The summed E-state index contributed by atoms with van der Waals surface area (Å²) in [4.78, 5) is 34.3. The fourth-order valence-corrected chi connectivity index (χ4v) is 0. The van der Waals surface area contributed by atoms with Crippen LogP contribution in [0.1, 0.15) is 0 Å². The Hall–Kier alpha value is 1.35. The molecule has 0 aliphatic carbocycles. The molecule has 0 saturated heterocycles. The van der Waals surface area contributed by atoms with Crippen molar-refractivity contribution in [3.8, 4) is 0 Å². The quantitative estimate of drug-likeness (QED) is 0.346. The topological polar surface area (TPSA) is 215 Å². The van der Waals surface area contributed by atoms with E-state index in [4.69, 9.17) is 19.2 Å². The largest absolute Gasteiger partial charge is 0.894 e. The Balaban J connectivity index is -0.00000000533. The van der Waals surface area contributed by atoms with E-state index in [0.29, 0.717) is 0 Å². The number of rotatable bonds is 0. The van der Waals surface area contributed by atoms with Crippen molar-refractivity contribution in [2.75, 3.05) is 0 Å². The van der Waals surface area contributed by atoms with Crippen molar-refractivity contribution in [2.45, 2.75) is 0 Å². The second kappa shape index (κ2) is 22.5. The van der Waals surface area contributed by atoms with E-state index in [1.54, 1.807) is 0 Å². The van der Waals surface area contributed by atoms with Gasteiger partial charge in [-0.15, -0.1) is 0 Å². The van der Waals surface area contributed by atoms with Crippen molar-refractivity contribution in [2.24, 2.45) is 0 Å². The Kier molecular flexibility index (Phi) is 114.